The van der Waals surface area contributed by atoms with Crippen molar-refractivity contribution < 1.29 is 9.53 Å². The fourth-order valence-electron chi connectivity index (χ4n) is 2.63. The molecule has 1 aromatic rings. The van der Waals surface area contributed by atoms with E-state index in [1.807, 2.05) is 0 Å². The van der Waals surface area contributed by atoms with E-state index in [2.05, 4.69) is 29.2 Å². The molecule has 1 aliphatic rings. The average Bonchev–Trinajstić information content (AvgIpc) is 2.57. The lowest BCUT2D eigenvalue weighted by Gasteiger charge is -2.43. The Morgan fingerprint density at radius 1 is 1.35 bits per heavy atom. The Hall–Kier alpha value is -1.93. The van der Waals surface area contributed by atoms with E-state index < -0.39 is 11.1 Å². The number of carbonyl (C=O) groups excluding carboxylic acids is 1. The summed E-state index contributed by atoms with van der Waals surface area (Å²) in [6, 6.07) is 2.29. The van der Waals surface area contributed by atoms with Crippen LogP contribution >= 0.6 is 0 Å². The molecule has 1 aromatic heterocycles. The van der Waals surface area contributed by atoms with Gasteiger partial charge in [0.1, 0.15) is 6.54 Å². The summed E-state index contributed by atoms with van der Waals surface area (Å²) in [5.74, 6) is -0.304. The van der Waals surface area contributed by atoms with Gasteiger partial charge in [0.05, 0.1) is 13.2 Å². The molecule has 1 amide bonds. The van der Waals surface area contributed by atoms with Gasteiger partial charge in [-0.25, -0.2) is 4.68 Å². The zero-order valence-corrected chi connectivity index (χ0v) is 13.6. The van der Waals surface area contributed by atoms with Gasteiger partial charge >= 0.3 is 0 Å². The van der Waals surface area contributed by atoms with Crippen LogP contribution in [0.4, 0.5) is 0 Å². The number of nitrogens with one attached hydrogen (secondary N) is 2. The molecule has 2 N–H and O–H groups in total. The van der Waals surface area contributed by atoms with E-state index in [-0.39, 0.29) is 18.0 Å². The third-order valence-electron chi connectivity index (χ3n) is 4.39. The number of hydrogen-bond acceptors (Lipinski definition) is 5. The van der Waals surface area contributed by atoms with E-state index in [0.29, 0.717) is 19.8 Å². The second kappa shape index (κ2) is 7.56. The molecule has 0 radical (unpaired) electrons. The summed E-state index contributed by atoms with van der Waals surface area (Å²) < 4.78 is 6.38. The van der Waals surface area contributed by atoms with Crippen LogP contribution in [0.25, 0.3) is 0 Å². The maximum atomic E-state index is 12.1. The summed E-state index contributed by atoms with van der Waals surface area (Å²) in [4.78, 5) is 37.2. The number of aromatic nitrogens is 2. The molecule has 0 aliphatic carbocycles. The second-order valence-corrected chi connectivity index (χ2v) is 5.96. The Bertz CT molecular complexity index is 647. The maximum absolute atomic E-state index is 12.1. The largest absolute Gasteiger partial charge is 0.379 e. The van der Waals surface area contributed by atoms with Gasteiger partial charge in [-0.15, -0.1) is 0 Å². The summed E-state index contributed by atoms with van der Waals surface area (Å²) in [7, 11) is 0. The highest BCUT2D eigenvalue weighted by atomic mass is 16.5. The van der Waals surface area contributed by atoms with Crippen molar-refractivity contribution in [1.82, 2.24) is 20.0 Å². The van der Waals surface area contributed by atoms with Crippen molar-refractivity contribution in [2.75, 3.05) is 32.8 Å². The number of ether oxygens (including phenoxy) is 1. The molecule has 8 heteroatoms. The van der Waals surface area contributed by atoms with Gasteiger partial charge in [-0.3, -0.25) is 24.4 Å². The summed E-state index contributed by atoms with van der Waals surface area (Å²) >= 11 is 0. The lowest BCUT2D eigenvalue weighted by atomic mass is 9.95. The van der Waals surface area contributed by atoms with Gasteiger partial charge in [0, 0.05) is 37.3 Å². The lowest BCUT2D eigenvalue weighted by molar-refractivity contribution is -0.122. The number of H-pyrrole nitrogens is 1. The third kappa shape index (κ3) is 4.52. The van der Waals surface area contributed by atoms with Crippen LogP contribution in [0.2, 0.25) is 0 Å². The van der Waals surface area contributed by atoms with Gasteiger partial charge in [0.25, 0.3) is 11.1 Å². The molecule has 0 saturated carbocycles. The van der Waals surface area contributed by atoms with Crippen LogP contribution in [0.5, 0.6) is 0 Å². The van der Waals surface area contributed by atoms with Gasteiger partial charge in [-0.1, -0.05) is 6.92 Å². The first kappa shape index (κ1) is 17.4. The van der Waals surface area contributed by atoms with Gasteiger partial charge in [-0.05, 0) is 13.3 Å². The maximum Gasteiger partial charge on any atom is 0.265 e. The lowest BCUT2D eigenvalue weighted by Crippen LogP contribution is -2.57. The predicted molar refractivity (Wildman–Crippen MR) is 85.4 cm³/mol. The summed E-state index contributed by atoms with van der Waals surface area (Å²) in [6.07, 6.45) is 0.884. The van der Waals surface area contributed by atoms with Crippen molar-refractivity contribution in [2.24, 2.45) is 0 Å². The van der Waals surface area contributed by atoms with Crippen molar-refractivity contribution in [3.8, 4) is 0 Å². The molecule has 1 atom stereocenters. The first-order valence-electron chi connectivity index (χ1n) is 7.84. The minimum absolute atomic E-state index is 0.158. The van der Waals surface area contributed by atoms with Crippen molar-refractivity contribution in [3.63, 3.8) is 0 Å². The Morgan fingerprint density at radius 2 is 2.04 bits per heavy atom. The van der Waals surface area contributed by atoms with Crippen molar-refractivity contribution in [3.05, 3.63) is 32.8 Å². The number of hydrogen-bond donors (Lipinski definition) is 2. The molecule has 2 heterocycles. The first-order valence-corrected chi connectivity index (χ1v) is 7.84. The molecule has 0 spiro atoms. The van der Waals surface area contributed by atoms with E-state index in [0.717, 1.165) is 36.3 Å². The Kier molecular flexibility index (Phi) is 5.73. The SMILES string of the molecule is CCC(C)(CNC(=O)Cn1[nH]c(=O)ccc1=O)N1CCOCC1. The molecule has 1 fully saturated rings. The third-order valence-corrected chi connectivity index (χ3v) is 4.39. The normalized spacial score (nSPS) is 18.3. The number of rotatable bonds is 6. The molecule has 1 aliphatic heterocycles. The van der Waals surface area contributed by atoms with E-state index in [1.165, 1.54) is 0 Å². The highest BCUT2D eigenvalue weighted by Crippen LogP contribution is 2.19. The monoisotopic (exact) mass is 324 g/mol. The smallest absolute Gasteiger partial charge is 0.265 e. The minimum Gasteiger partial charge on any atom is -0.379 e. The predicted octanol–water partition coefficient (Wildman–Crippen LogP) is -0.846. The number of morpholine rings is 1. The Balaban J connectivity index is 1.95. The first-order chi connectivity index (χ1) is 10.9. The fourth-order valence-corrected chi connectivity index (χ4v) is 2.63. The van der Waals surface area contributed by atoms with Crippen molar-refractivity contribution >= 4 is 5.91 Å². The zero-order valence-electron chi connectivity index (χ0n) is 13.6. The topological polar surface area (TPSA) is 96.4 Å². The standard InChI is InChI=1S/C15H24N4O4/c1-3-15(2,18-6-8-23-9-7-18)11-16-13(21)10-19-14(22)5-4-12(20)17-19/h4-5H,3,6-11H2,1-2H3,(H,16,21)(H,17,20). The van der Waals surface area contributed by atoms with E-state index in [1.54, 1.807) is 0 Å². The molecule has 128 valence electrons. The molecule has 1 saturated heterocycles. The van der Waals surface area contributed by atoms with Crippen LogP contribution < -0.4 is 16.4 Å². The number of aromatic amines is 1. The fraction of sp³-hybridized carbons (Fsp3) is 0.667. The van der Waals surface area contributed by atoms with Crippen LogP contribution in [0.3, 0.4) is 0 Å². The summed E-state index contributed by atoms with van der Waals surface area (Å²) in [6.45, 7) is 7.55. The number of nitrogens with zero attached hydrogens (tertiary/aromatic N) is 2. The highest BCUT2D eigenvalue weighted by molar-refractivity contribution is 5.75. The minimum atomic E-state index is -0.413. The molecule has 1 unspecified atom stereocenters. The van der Waals surface area contributed by atoms with Gasteiger partial charge in [-0.2, -0.15) is 0 Å². The molecule has 2 rings (SSSR count). The van der Waals surface area contributed by atoms with E-state index in [4.69, 9.17) is 4.74 Å². The number of carbonyl (C=O) groups is 1. The van der Waals surface area contributed by atoms with E-state index >= 15 is 0 Å². The molecule has 23 heavy (non-hydrogen) atoms. The Labute approximate surface area is 134 Å². The molecular formula is C15H24N4O4. The van der Waals surface area contributed by atoms with Gasteiger partial charge < -0.3 is 10.1 Å². The van der Waals surface area contributed by atoms with Crippen LogP contribution in [0.15, 0.2) is 21.7 Å². The van der Waals surface area contributed by atoms with E-state index in [9.17, 15) is 14.4 Å². The van der Waals surface area contributed by atoms with Crippen LogP contribution in [-0.4, -0.2) is 59.0 Å². The summed E-state index contributed by atoms with van der Waals surface area (Å²) in [5.41, 5.74) is -0.982. The Morgan fingerprint density at radius 3 is 2.70 bits per heavy atom. The molecule has 8 nitrogen and oxygen atoms in total. The van der Waals surface area contributed by atoms with Crippen molar-refractivity contribution in [2.45, 2.75) is 32.4 Å². The van der Waals surface area contributed by atoms with Gasteiger partial charge in [0.15, 0.2) is 0 Å². The van der Waals surface area contributed by atoms with Crippen molar-refractivity contribution in [1.29, 1.82) is 0 Å². The quantitative estimate of drug-likeness (QED) is 0.711. The molecule has 0 aromatic carbocycles. The second-order valence-electron chi connectivity index (χ2n) is 5.96. The van der Waals surface area contributed by atoms with Gasteiger partial charge in [0.2, 0.25) is 5.91 Å². The summed E-state index contributed by atoms with van der Waals surface area (Å²) in [5, 5.41) is 5.21. The van der Waals surface area contributed by atoms with Crippen LogP contribution in [0.1, 0.15) is 20.3 Å². The average molecular weight is 324 g/mol. The number of amides is 1. The van der Waals surface area contributed by atoms with Crippen LogP contribution in [-0.2, 0) is 16.1 Å². The zero-order chi connectivity index (χ0) is 16.9. The molecule has 0 bridgehead atoms. The van der Waals surface area contributed by atoms with Crippen LogP contribution in [0, 0.1) is 0 Å². The highest BCUT2D eigenvalue weighted by Gasteiger charge is 2.31. The molecular weight excluding hydrogens is 300 g/mol.